The van der Waals surface area contributed by atoms with Crippen LogP contribution in [0.4, 0.5) is 0 Å². The molecule has 4 heavy (non-hydrogen) atoms. The molecule has 0 rings (SSSR count). The lowest BCUT2D eigenvalue weighted by atomic mass is 11.6. The molecular weight excluding hydrogens is 120 g/mol. The highest BCUT2D eigenvalue weighted by Crippen LogP contribution is 1.72. The molecule has 0 saturated heterocycles. The van der Waals surface area contributed by atoms with Gasteiger partial charge in [0.05, 0.1) is 2.74 Å². The van der Waals surface area contributed by atoms with Gasteiger partial charge in [0.2, 0.25) is 0 Å². The number of halogens is 1. The van der Waals surface area contributed by atoms with Crippen LogP contribution < -0.4 is 0 Å². The Morgan fingerprint density at radius 2 is 2.75 bits per heavy atom. The van der Waals surface area contributed by atoms with Gasteiger partial charge in [-0.05, 0) is 0 Å². The largest absolute Gasteiger partial charge is 0.373 e. The summed E-state index contributed by atoms with van der Waals surface area (Å²) in [5, 5.41) is 0. The molecule has 0 aromatic heterocycles. The highest BCUT2D eigenvalue weighted by atomic mass is 79.9. The Morgan fingerprint density at radius 1 is 2.50 bits per heavy atom. The third-order valence-electron chi connectivity index (χ3n) is 0.0772. The van der Waals surface area contributed by atoms with E-state index in [-0.39, 0.29) is 0 Å². The van der Waals surface area contributed by atoms with Crippen molar-refractivity contribution in [3.8, 4) is 0 Å². The Balaban J connectivity index is 3.17. The van der Waals surface area contributed by atoms with Crippen LogP contribution in [-0.4, -0.2) is 12.6 Å². The summed E-state index contributed by atoms with van der Waals surface area (Å²) in [6.45, 7) is 0. The highest BCUT2D eigenvalue weighted by molar-refractivity contribution is 9.09. The third kappa shape index (κ3) is 2.44. The molecule has 0 saturated carbocycles. The van der Waals surface area contributed by atoms with E-state index in [1.54, 1.807) is 0 Å². The second kappa shape index (κ2) is 3.44. The van der Waals surface area contributed by atoms with Crippen LogP contribution in [0.3, 0.4) is 0 Å². The van der Waals surface area contributed by atoms with E-state index >= 15 is 0 Å². The quantitative estimate of drug-likeness (QED) is 0.477. The van der Waals surface area contributed by atoms with Crippen LogP contribution in [0.15, 0.2) is 0 Å². The molecule has 2 heteroatoms. The zero-order chi connectivity index (χ0) is 5.21. The van der Waals surface area contributed by atoms with Gasteiger partial charge in [-0.25, -0.2) is 0 Å². The first kappa shape index (κ1) is 1.78. The van der Waals surface area contributed by atoms with Crippen molar-refractivity contribution < 1.29 is 7.48 Å². The molecule has 0 radical (unpaired) electrons. The summed E-state index contributed by atoms with van der Waals surface area (Å²) in [4.78, 5) is 0. The molecule has 0 aliphatic rings. The molecule has 0 spiro atoms. The summed E-state index contributed by atoms with van der Waals surface area (Å²) in [5.41, 5.74) is -1.65. The van der Waals surface area contributed by atoms with Gasteiger partial charge in [-0.3, -0.25) is 0 Å². The predicted molar refractivity (Wildman–Crippen MR) is 20.8 cm³/mol. The molecule has 0 N–H and O–H groups in total. The Labute approximate surface area is 36.9 Å². The fourth-order valence-corrected chi connectivity index (χ4v) is 0. The lowest BCUT2D eigenvalue weighted by Gasteiger charge is -1.74. The Kier molecular flexibility index (Phi) is 1.53. The molecule has 0 amide bonds. The molecule has 26 valence electrons. The molecule has 0 heterocycles. The number of hydrogen-bond acceptors (Lipinski definition) is 1. The smallest absolute Gasteiger partial charge is 0.101 e. The van der Waals surface area contributed by atoms with Gasteiger partial charge in [-0.15, -0.1) is 0 Å². The number of alkyl halides is 1. The van der Waals surface area contributed by atoms with Gasteiger partial charge in [0, 0.05) is 7.11 Å². The zero-order valence-corrected chi connectivity index (χ0v) is 3.87. The van der Waals surface area contributed by atoms with Crippen LogP contribution in [0.5, 0.6) is 0 Å². The molecule has 0 atom stereocenters. The first-order chi connectivity index (χ1) is 2.56. The highest BCUT2D eigenvalue weighted by Gasteiger charge is 1.54. The summed E-state index contributed by atoms with van der Waals surface area (Å²) in [6, 6.07) is 0. The van der Waals surface area contributed by atoms with Crippen molar-refractivity contribution in [2.24, 2.45) is 0 Å². The lowest BCUT2D eigenvalue weighted by Crippen LogP contribution is -1.68. The van der Waals surface area contributed by atoms with Crippen molar-refractivity contribution in [1.29, 1.82) is 0 Å². The van der Waals surface area contributed by atoms with E-state index in [0.717, 1.165) is 0 Å². The van der Waals surface area contributed by atoms with Crippen LogP contribution in [0, 0.1) is 0 Å². The first-order valence-electron chi connectivity index (χ1n) is 1.80. The van der Waals surface area contributed by atoms with E-state index in [0.29, 0.717) is 0 Å². The summed E-state index contributed by atoms with van der Waals surface area (Å²) in [5.74, 6) is 0. The third-order valence-corrected chi connectivity index (χ3v) is 0.401. The van der Waals surface area contributed by atoms with Gasteiger partial charge in [0.25, 0.3) is 0 Å². The zero-order valence-electron chi connectivity index (χ0n) is 4.29. The molecule has 0 aromatic rings. The summed E-state index contributed by atoms with van der Waals surface area (Å²) in [7, 11) is 1.29. The van der Waals surface area contributed by atoms with Crippen molar-refractivity contribution in [2.75, 3.05) is 12.6 Å². The minimum absolute atomic E-state index is 1.29. The minimum Gasteiger partial charge on any atom is -0.373 e. The van der Waals surface area contributed by atoms with Gasteiger partial charge in [-0.2, -0.15) is 0 Å². The van der Waals surface area contributed by atoms with E-state index in [1.165, 1.54) is 7.11 Å². The van der Waals surface area contributed by atoms with Crippen molar-refractivity contribution in [3.05, 3.63) is 0 Å². The maximum Gasteiger partial charge on any atom is 0.101 e. The van der Waals surface area contributed by atoms with Crippen LogP contribution in [0.2, 0.25) is 0 Å². The second-order valence-corrected chi connectivity index (χ2v) is 0.605. The van der Waals surface area contributed by atoms with E-state index in [9.17, 15) is 0 Å². The fraction of sp³-hybridized carbons (Fsp3) is 1.00. The van der Waals surface area contributed by atoms with Crippen molar-refractivity contribution in [3.63, 3.8) is 0 Å². The molecular formula is C2H5BrO. The number of rotatable bonds is 1. The maximum absolute atomic E-state index is 6.54. The second-order valence-electron chi connectivity index (χ2n) is 0.281. The van der Waals surface area contributed by atoms with Crippen LogP contribution in [0.1, 0.15) is 2.74 Å². The van der Waals surface area contributed by atoms with Gasteiger partial charge >= 0.3 is 0 Å². The molecule has 0 aliphatic carbocycles. The summed E-state index contributed by atoms with van der Waals surface area (Å²) >= 11 is 2.59. The predicted octanol–water partition coefficient (Wildman–Crippen LogP) is 0.985. The molecule has 1 nitrogen and oxygen atoms in total. The fourth-order valence-electron chi connectivity index (χ4n) is 0. The molecule has 0 unspecified atom stereocenters. The normalized spacial score (nSPS) is 18.5. The van der Waals surface area contributed by atoms with Crippen LogP contribution in [0.25, 0.3) is 0 Å². The Morgan fingerprint density at radius 3 is 2.75 bits per heavy atom. The number of hydrogen-bond donors (Lipinski definition) is 0. The molecule has 0 fully saturated rings. The molecule has 0 aromatic carbocycles. The standard InChI is InChI=1S/C2H5BrO/c1-4-2-3/h2H2,1H3/i2D2. The SMILES string of the molecule is [2H]C([2H])(Br)OC. The average Bonchev–Trinajstić information content (AvgIpc) is 1.35. The van der Waals surface area contributed by atoms with Gasteiger partial charge in [-0.1, -0.05) is 15.9 Å². The van der Waals surface area contributed by atoms with E-state index in [1.807, 2.05) is 0 Å². The van der Waals surface area contributed by atoms with Gasteiger partial charge in [0.1, 0.15) is 5.47 Å². The average molecular weight is 127 g/mol. The van der Waals surface area contributed by atoms with E-state index < -0.39 is 5.47 Å². The lowest BCUT2D eigenvalue weighted by molar-refractivity contribution is 0.263. The minimum atomic E-state index is -1.65. The Bertz CT molecular complexity index is 41.3. The number of ether oxygens (including phenoxy) is 1. The van der Waals surface area contributed by atoms with Crippen molar-refractivity contribution in [2.45, 2.75) is 0 Å². The maximum atomic E-state index is 6.54. The summed E-state index contributed by atoms with van der Waals surface area (Å²) in [6.07, 6.45) is 0. The Hall–Kier alpha value is 0.440. The van der Waals surface area contributed by atoms with Gasteiger partial charge in [0.15, 0.2) is 0 Å². The van der Waals surface area contributed by atoms with Crippen molar-refractivity contribution >= 4 is 15.9 Å². The van der Waals surface area contributed by atoms with Crippen LogP contribution in [-0.2, 0) is 4.74 Å². The van der Waals surface area contributed by atoms with Crippen LogP contribution >= 0.6 is 15.9 Å². The molecule has 0 aliphatic heterocycles. The number of methoxy groups -OCH3 is 1. The van der Waals surface area contributed by atoms with E-state index in [2.05, 4.69) is 20.7 Å². The first-order valence-corrected chi connectivity index (χ1v) is 1.59. The topological polar surface area (TPSA) is 9.23 Å². The van der Waals surface area contributed by atoms with Crippen molar-refractivity contribution in [1.82, 2.24) is 0 Å². The summed E-state index contributed by atoms with van der Waals surface area (Å²) < 4.78 is 17.3. The van der Waals surface area contributed by atoms with Gasteiger partial charge < -0.3 is 4.74 Å². The van der Waals surface area contributed by atoms with E-state index in [4.69, 9.17) is 2.74 Å². The monoisotopic (exact) mass is 126 g/mol. The molecule has 0 bridgehead atoms.